The van der Waals surface area contributed by atoms with Crippen molar-refractivity contribution in [2.75, 3.05) is 119 Å². The molecule has 6 amide bonds. The SMILES string of the molecule is CC(=O)NC1[C@H](OCCCNC(=O)CCOCC(COCCC(=O)NCCCO[C@@H]2OC(CO)[C@H](O)[C@H](O)C2C)(COCCC(=O)NCCCO[C@@H]2OC(CO)[C@H](O)[C@H](O)C2C)NC(=O)CCCC(=O)NCCCOCCC(C)C)OC(CO)[C@H](O)[C@@H]1O. The number of aliphatic hydroxyl groups excluding tert-OH is 9. The number of carbonyl (C=O) groups is 6. The molecular weight excluding hydrogens is 1170 g/mol. The molecule has 512 valence electrons. The van der Waals surface area contributed by atoms with Gasteiger partial charge >= 0.3 is 0 Å². The first-order valence-electron chi connectivity index (χ1n) is 30.7. The van der Waals surface area contributed by atoms with Gasteiger partial charge in [-0.1, -0.05) is 27.7 Å². The highest BCUT2D eigenvalue weighted by atomic mass is 16.7. The van der Waals surface area contributed by atoms with Crippen molar-refractivity contribution < 1.29 is 122 Å². The van der Waals surface area contributed by atoms with Crippen LogP contribution in [0.1, 0.15) is 105 Å². The van der Waals surface area contributed by atoms with E-state index < -0.39 is 135 Å². The molecule has 15 atom stereocenters. The Hall–Kier alpha value is -3.94. The van der Waals surface area contributed by atoms with E-state index in [0.717, 1.165) is 6.42 Å². The van der Waals surface area contributed by atoms with E-state index in [1.54, 1.807) is 13.8 Å². The fourth-order valence-corrected chi connectivity index (χ4v) is 9.41. The van der Waals surface area contributed by atoms with Crippen LogP contribution in [0.15, 0.2) is 0 Å². The van der Waals surface area contributed by atoms with Gasteiger partial charge in [0.05, 0.1) is 91.5 Å². The van der Waals surface area contributed by atoms with Crippen molar-refractivity contribution >= 4 is 35.4 Å². The zero-order valence-electron chi connectivity index (χ0n) is 51.8. The summed E-state index contributed by atoms with van der Waals surface area (Å²) in [5.74, 6) is -3.12. The maximum Gasteiger partial charge on any atom is 0.222 e. The standard InChI is InChI=1S/C57H104N6O25/c1-35(2)13-25-79-21-7-17-58-42(68)11-6-12-46(72)63-57(32-80-26-14-43(69)59-18-8-22-83-54-36(3)48(73)50(75)39(29-64)86-54,33-81-27-15-44(70)60-19-9-23-84-55-37(4)49(74)51(76)40(30-65)87-55)34-82-28-16-45(71)61-20-10-24-85-56-47(62-38(5)67)53(78)52(77)41(31-66)88-56/h35-37,39-41,47-56,64-66,73-78H,6-34H2,1-5H3,(H,58,68)(H,59,69)(H,60,70)(H,61,71)(H,62,67)(H,63,72)/t36?,37?,39?,40?,41?,47?,48-,49-,50+,51+,52+,53-,54-,55-,56-,57?/m1/s1. The van der Waals surface area contributed by atoms with Crippen molar-refractivity contribution in [3.63, 3.8) is 0 Å². The summed E-state index contributed by atoms with van der Waals surface area (Å²) in [6.07, 6.45) is -11.9. The molecule has 3 heterocycles. The largest absolute Gasteiger partial charge is 0.394 e. The van der Waals surface area contributed by atoms with Crippen molar-refractivity contribution in [2.45, 2.75) is 191 Å². The smallest absolute Gasteiger partial charge is 0.222 e. The molecule has 0 aromatic heterocycles. The van der Waals surface area contributed by atoms with Crippen LogP contribution in [-0.2, 0) is 76.1 Å². The van der Waals surface area contributed by atoms with Gasteiger partial charge in [-0.2, -0.15) is 0 Å². The summed E-state index contributed by atoms with van der Waals surface area (Å²) in [5, 5.41) is 107. The summed E-state index contributed by atoms with van der Waals surface area (Å²) in [6.45, 7) is 7.99. The van der Waals surface area contributed by atoms with Gasteiger partial charge in [-0.05, 0) is 44.4 Å². The molecule has 0 spiro atoms. The van der Waals surface area contributed by atoms with Crippen LogP contribution in [0.4, 0.5) is 0 Å². The third-order valence-corrected chi connectivity index (χ3v) is 14.8. The van der Waals surface area contributed by atoms with Gasteiger partial charge in [-0.25, -0.2) is 0 Å². The Labute approximate surface area is 515 Å². The molecule has 0 aromatic carbocycles. The lowest BCUT2D eigenvalue weighted by molar-refractivity contribution is -0.282. The predicted octanol–water partition coefficient (Wildman–Crippen LogP) is -4.54. The number of carbonyl (C=O) groups excluding carboxylic acids is 6. The molecule has 3 aliphatic rings. The van der Waals surface area contributed by atoms with Gasteiger partial charge in [0.25, 0.3) is 0 Å². The monoisotopic (exact) mass is 1270 g/mol. The lowest BCUT2D eigenvalue weighted by atomic mass is 9.92. The first kappa shape index (κ1) is 78.3. The fraction of sp³-hybridized carbons (Fsp3) is 0.895. The number of hydrogen-bond acceptors (Lipinski definition) is 25. The number of ether oxygens (including phenoxy) is 10. The summed E-state index contributed by atoms with van der Waals surface area (Å²) in [6, 6.07) is -1.14. The minimum Gasteiger partial charge on any atom is -0.394 e. The molecule has 0 saturated carbocycles. The molecular formula is C57H104N6O25. The van der Waals surface area contributed by atoms with Crippen LogP contribution in [0.2, 0.25) is 0 Å². The summed E-state index contributed by atoms with van der Waals surface area (Å²) in [4.78, 5) is 77.2. The number of aliphatic hydroxyl groups is 9. The van der Waals surface area contributed by atoms with Gasteiger partial charge in [0.2, 0.25) is 35.4 Å². The summed E-state index contributed by atoms with van der Waals surface area (Å²) >= 11 is 0. The Morgan fingerprint density at radius 2 is 0.807 bits per heavy atom. The molecule has 3 aliphatic heterocycles. The van der Waals surface area contributed by atoms with Crippen molar-refractivity contribution in [3.05, 3.63) is 0 Å². The van der Waals surface area contributed by atoms with E-state index in [1.807, 2.05) is 0 Å². The summed E-state index contributed by atoms with van der Waals surface area (Å²) in [5.41, 5.74) is -1.48. The van der Waals surface area contributed by atoms with Crippen LogP contribution < -0.4 is 31.9 Å². The van der Waals surface area contributed by atoms with Crippen LogP contribution in [0.3, 0.4) is 0 Å². The van der Waals surface area contributed by atoms with Crippen LogP contribution in [0, 0.1) is 17.8 Å². The molecule has 31 nitrogen and oxygen atoms in total. The third kappa shape index (κ3) is 29.6. The maximum absolute atomic E-state index is 13.8. The van der Waals surface area contributed by atoms with E-state index in [4.69, 9.17) is 47.4 Å². The Balaban J connectivity index is 1.63. The maximum atomic E-state index is 13.8. The molecule has 0 aromatic rings. The van der Waals surface area contributed by atoms with Crippen molar-refractivity contribution in [3.8, 4) is 0 Å². The Bertz CT molecular complexity index is 1920. The number of amides is 6. The number of hydrogen-bond donors (Lipinski definition) is 15. The zero-order valence-corrected chi connectivity index (χ0v) is 51.8. The molecule has 3 saturated heterocycles. The number of nitrogens with one attached hydrogen (secondary N) is 6. The lowest BCUT2D eigenvalue weighted by Crippen LogP contribution is -2.64. The molecule has 0 radical (unpaired) electrons. The first-order valence-corrected chi connectivity index (χ1v) is 30.7. The minimum absolute atomic E-state index is 0.0168. The highest BCUT2D eigenvalue weighted by molar-refractivity contribution is 5.79. The zero-order chi connectivity index (χ0) is 65.0. The van der Waals surface area contributed by atoms with Gasteiger partial charge in [-0.3, -0.25) is 28.8 Å². The van der Waals surface area contributed by atoms with Gasteiger partial charge in [0, 0.05) is 90.3 Å². The number of rotatable bonds is 46. The van der Waals surface area contributed by atoms with Crippen LogP contribution in [0.25, 0.3) is 0 Å². The molecule has 31 heteroatoms. The van der Waals surface area contributed by atoms with Crippen LogP contribution >= 0.6 is 0 Å². The molecule has 88 heavy (non-hydrogen) atoms. The van der Waals surface area contributed by atoms with Gasteiger partial charge in [-0.15, -0.1) is 0 Å². The molecule has 15 N–H and O–H groups in total. The van der Waals surface area contributed by atoms with E-state index in [0.29, 0.717) is 44.9 Å². The molecule has 0 bridgehead atoms. The van der Waals surface area contributed by atoms with E-state index in [1.165, 1.54) is 6.92 Å². The fourth-order valence-electron chi connectivity index (χ4n) is 9.41. The average Bonchev–Trinajstić information content (AvgIpc) is 1.31. The molecule has 0 aliphatic carbocycles. The van der Waals surface area contributed by atoms with Crippen LogP contribution in [-0.4, -0.2) is 285 Å². The first-order chi connectivity index (χ1) is 42.1. The quantitative estimate of drug-likeness (QED) is 0.0255. The van der Waals surface area contributed by atoms with Gasteiger partial charge < -0.3 is 125 Å². The topological polar surface area (TPSA) is 449 Å². The Morgan fingerprint density at radius 3 is 1.20 bits per heavy atom. The van der Waals surface area contributed by atoms with Crippen molar-refractivity contribution in [2.24, 2.45) is 17.8 Å². The van der Waals surface area contributed by atoms with E-state index >= 15 is 0 Å². The predicted molar refractivity (Wildman–Crippen MR) is 309 cm³/mol. The highest BCUT2D eigenvalue weighted by Crippen LogP contribution is 2.28. The summed E-state index contributed by atoms with van der Waals surface area (Å²) in [7, 11) is 0. The van der Waals surface area contributed by atoms with E-state index in [-0.39, 0.29) is 142 Å². The normalized spacial score (nSPS) is 27.9. The van der Waals surface area contributed by atoms with E-state index in [2.05, 4.69) is 45.7 Å². The Kier molecular flexibility index (Phi) is 38.9. The van der Waals surface area contributed by atoms with Crippen LogP contribution in [0.5, 0.6) is 0 Å². The highest BCUT2D eigenvalue weighted by Gasteiger charge is 2.46. The van der Waals surface area contributed by atoms with Gasteiger partial charge in [0.15, 0.2) is 18.9 Å². The second-order valence-electron chi connectivity index (χ2n) is 22.9. The van der Waals surface area contributed by atoms with Crippen molar-refractivity contribution in [1.29, 1.82) is 0 Å². The summed E-state index contributed by atoms with van der Waals surface area (Å²) < 4.78 is 57.6. The lowest BCUT2D eigenvalue weighted by Gasteiger charge is -2.42. The second-order valence-corrected chi connectivity index (χ2v) is 22.9. The molecule has 6 unspecified atom stereocenters. The minimum atomic E-state index is -1.50. The average molecular weight is 1270 g/mol. The van der Waals surface area contributed by atoms with E-state index in [9.17, 15) is 74.7 Å². The molecule has 3 fully saturated rings. The van der Waals surface area contributed by atoms with Crippen molar-refractivity contribution in [1.82, 2.24) is 31.9 Å². The molecule has 3 rings (SSSR count). The Morgan fingerprint density at radius 1 is 0.443 bits per heavy atom. The third-order valence-electron chi connectivity index (χ3n) is 14.8. The second kappa shape index (κ2) is 43.8. The van der Waals surface area contributed by atoms with Gasteiger partial charge in [0.1, 0.15) is 54.3 Å².